The van der Waals surface area contributed by atoms with Crippen LogP contribution in [0.2, 0.25) is 0 Å². The first-order valence-electron chi connectivity index (χ1n) is 9.62. The summed E-state index contributed by atoms with van der Waals surface area (Å²) in [5.41, 5.74) is 1.26. The second kappa shape index (κ2) is 7.71. The van der Waals surface area contributed by atoms with Crippen molar-refractivity contribution >= 4 is 16.8 Å². The lowest BCUT2D eigenvalue weighted by Gasteiger charge is -2.20. The SMILES string of the molecule is CC(C)c1nnc(CN2CCCN(C(=O)c3cc4cc(F)ccc4[nH]3)CC2)o1. The fourth-order valence-corrected chi connectivity index (χ4v) is 3.48. The summed E-state index contributed by atoms with van der Waals surface area (Å²) in [6, 6.07) is 6.19. The summed E-state index contributed by atoms with van der Waals surface area (Å²) in [7, 11) is 0. The minimum atomic E-state index is -0.308. The fourth-order valence-electron chi connectivity index (χ4n) is 3.48. The van der Waals surface area contributed by atoms with Crippen LogP contribution in [0.5, 0.6) is 0 Å². The van der Waals surface area contributed by atoms with Crippen molar-refractivity contribution in [2.24, 2.45) is 0 Å². The lowest BCUT2D eigenvalue weighted by Crippen LogP contribution is -2.35. The van der Waals surface area contributed by atoms with Crippen LogP contribution in [0.15, 0.2) is 28.7 Å². The Kier molecular flexibility index (Phi) is 5.13. The minimum Gasteiger partial charge on any atom is -0.424 e. The minimum absolute atomic E-state index is 0.0571. The monoisotopic (exact) mass is 385 g/mol. The van der Waals surface area contributed by atoms with E-state index in [4.69, 9.17) is 4.42 Å². The number of carbonyl (C=O) groups is 1. The van der Waals surface area contributed by atoms with E-state index < -0.39 is 0 Å². The Morgan fingerprint density at radius 2 is 2.07 bits per heavy atom. The number of hydrogen-bond donors (Lipinski definition) is 1. The van der Waals surface area contributed by atoms with Crippen molar-refractivity contribution in [2.75, 3.05) is 26.2 Å². The van der Waals surface area contributed by atoms with Crippen molar-refractivity contribution in [3.63, 3.8) is 0 Å². The summed E-state index contributed by atoms with van der Waals surface area (Å²) in [6.07, 6.45) is 0.867. The van der Waals surface area contributed by atoms with Crippen LogP contribution < -0.4 is 0 Å². The van der Waals surface area contributed by atoms with Gasteiger partial charge in [-0.2, -0.15) is 0 Å². The van der Waals surface area contributed by atoms with E-state index in [1.807, 2.05) is 18.7 Å². The number of benzene rings is 1. The van der Waals surface area contributed by atoms with E-state index in [1.54, 1.807) is 12.1 Å². The number of aromatic amines is 1. The highest BCUT2D eigenvalue weighted by Gasteiger charge is 2.23. The lowest BCUT2D eigenvalue weighted by atomic mass is 10.2. The van der Waals surface area contributed by atoms with Crippen LogP contribution in [-0.2, 0) is 6.54 Å². The van der Waals surface area contributed by atoms with Crippen molar-refractivity contribution in [3.8, 4) is 0 Å². The molecule has 148 valence electrons. The Labute approximate surface area is 162 Å². The number of carbonyl (C=O) groups excluding carboxylic acids is 1. The molecule has 4 rings (SSSR count). The predicted molar refractivity (Wildman–Crippen MR) is 102 cm³/mol. The van der Waals surface area contributed by atoms with Crippen molar-refractivity contribution < 1.29 is 13.6 Å². The standard InChI is InChI=1S/C20H24FN5O2/c1-13(2)19-24-23-18(28-19)12-25-6-3-7-26(9-8-25)20(27)17-11-14-10-15(21)4-5-16(14)22-17/h4-5,10-11,13,22H,3,6-9,12H2,1-2H3. The van der Waals surface area contributed by atoms with Gasteiger partial charge in [-0.1, -0.05) is 13.8 Å². The fraction of sp³-hybridized carbons (Fsp3) is 0.450. The van der Waals surface area contributed by atoms with E-state index >= 15 is 0 Å². The van der Waals surface area contributed by atoms with Crippen molar-refractivity contribution in [2.45, 2.75) is 32.7 Å². The molecule has 0 unspecified atom stereocenters. The highest BCUT2D eigenvalue weighted by molar-refractivity contribution is 5.98. The van der Waals surface area contributed by atoms with Crippen LogP contribution in [0.3, 0.4) is 0 Å². The number of halogens is 1. The molecule has 0 aliphatic carbocycles. The Bertz CT molecular complexity index is 980. The number of fused-ring (bicyclic) bond motifs is 1. The molecule has 0 radical (unpaired) electrons. The number of hydrogen-bond acceptors (Lipinski definition) is 5. The molecule has 3 aromatic rings. The van der Waals surface area contributed by atoms with Gasteiger partial charge in [-0.3, -0.25) is 9.69 Å². The van der Waals surface area contributed by atoms with E-state index in [9.17, 15) is 9.18 Å². The lowest BCUT2D eigenvalue weighted by molar-refractivity contribution is 0.0755. The van der Waals surface area contributed by atoms with Gasteiger partial charge in [0.15, 0.2) is 0 Å². The highest BCUT2D eigenvalue weighted by Crippen LogP contribution is 2.19. The van der Waals surface area contributed by atoms with Crippen LogP contribution >= 0.6 is 0 Å². The molecule has 1 aromatic carbocycles. The van der Waals surface area contributed by atoms with Gasteiger partial charge in [0, 0.05) is 43.0 Å². The molecule has 0 bridgehead atoms. The zero-order valence-electron chi connectivity index (χ0n) is 16.1. The normalized spacial score (nSPS) is 16.1. The molecule has 1 fully saturated rings. The summed E-state index contributed by atoms with van der Waals surface area (Å²) in [5.74, 6) is 1.11. The first-order valence-corrected chi connectivity index (χ1v) is 9.62. The zero-order chi connectivity index (χ0) is 19.7. The van der Waals surface area contributed by atoms with E-state index in [0.717, 1.165) is 25.0 Å². The maximum absolute atomic E-state index is 13.4. The van der Waals surface area contributed by atoms with Gasteiger partial charge >= 0.3 is 0 Å². The molecular formula is C20H24FN5O2. The molecule has 7 nitrogen and oxygen atoms in total. The zero-order valence-corrected chi connectivity index (χ0v) is 16.1. The Hall–Kier alpha value is -2.74. The van der Waals surface area contributed by atoms with Gasteiger partial charge in [0.2, 0.25) is 11.8 Å². The molecule has 2 aromatic heterocycles. The Balaban J connectivity index is 1.40. The number of nitrogens with one attached hydrogen (secondary N) is 1. The molecule has 28 heavy (non-hydrogen) atoms. The van der Waals surface area contributed by atoms with Crippen LogP contribution in [0.25, 0.3) is 10.9 Å². The first-order chi connectivity index (χ1) is 13.5. The van der Waals surface area contributed by atoms with Crippen LogP contribution in [0.4, 0.5) is 4.39 Å². The number of H-pyrrole nitrogens is 1. The quantitative estimate of drug-likeness (QED) is 0.746. The Morgan fingerprint density at radius 3 is 2.86 bits per heavy atom. The summed E-state index contributed by atoms with van der Waals surface area (Å²) in [4.78, 5) is 20.1. The maximum atomic E-state index is 13.4. The van der Waals surface area contributed by atoms with Crippen LogP contribution in [0, 0.1) is 5.82 Å². The molecule has 0 atom stereocenters. The van der Waals surface area contributed by atoms with E-state index in [0.29, 0.717) is 42.5 Å². The average molecular weight is 385 g/mol. The van der Waals surface area contributed by atoms with Crippen molar-refractivity contribution in [1.82, 2.24) is 25.0 Å². The van der Waals surface area contributed by atoms with E-state index in [-0.39, 0.29) is 17.6 Å². The number of nitrogens with zero attached hydrogens (tertiary/aromatic N) is 4. The van der Waals surface area contributed by atoms with Gasteiger partial charge in [0.25, 0.3) is 5.91 Å². The molecular weight excluding hydrogens is 361 g/mol. The average Bonchev–Trinajstić information content (AvgIpc) is 3.23. The molecule has 1 amide bonds. The summed E-state index contributed by atoms with van der Waals surface area (Å²) >= 11 is 0. The highest BCUT2D eigenvalue weighted by atomic mass is 19.1. The third kappa shape index (κ3) is 3.91. The molecule has 3 heterocycles. The summed E-state index contributed by atoms with van der Waals surface area (Å²) < 4.78 is 19.1. The van der Waals surface area contributed by atoms with Gasteiger partial charge in [0.1, 0.15) is 11.5 Å². The molecule has 1 aliphatic rings. The number of aromatic nitrogens is 3. The molecule has 8 heteroatoms. The summed E-state index contributed by atoms with van der Waals surface area (Å²) in [6.45, 7) is 7.53. The first kappa shape index (κ1) is 18.6. The van der Waals surface area contributed by atoms with Crippen molar-refractivity contribution in [1.29, 1.82) is 0 Å². The van der Waals surface area contributed by atoms with E-state index in [1.165, 1.54) is 12.1 Å². The second-order valence-electron chi connectivity index (χ2n) is 7.53. The van der Waals surface area contributed by atoms with E-state index in [2.05, 4.69) is 20.1 Å². The summed E-state index contributed by atoms with van der Waals surface area (Å²) in [5, 5.41) is 8.90. The van der Waals surface area contributed by atoms with Gasteiger partial charge in [-0.15, -0.1) is 10.2 Å². The topological polar surface area (TPSA) is 78.3 Å². The molecule has 1 saturated heterocycles. The van der Waals surface area contributed by atoms with Gasteiger partial charge in [-0.05, 0) is 30.7 Å². The smallest absolute Gasteiger partial charge is 0.270 e. The van der Waals surface area contributed by atoms with Crippen molar-refractivity contribution in [3.05, 3.63) is 47.6 Å². The maximum Gasteiger partial charge on any atom is 0.270 e. The van der Waals surface area contributed by atoms with Gasteiger partial charge in [0.05, 0.1) is 6.54 Å². The largest absolute Gasteiger partial charge is 0.424 e. The number of amides is 1. The van der Waals surface area contributed by atoms with Crippen LogP contribution in [0.1, 0.15) is 48.5 Å². The third-order valence-corrected chi connectivity index (χ3v) is 5.02. The predicted octanol–water partition coefficient (Wildman–Crippen LogP) is 3.16. The molecule has 0 saturated carbocycles. The molecule has 1 aliphatic heterocycles. The van der Waals surface area contributed by atoms with Gasteiger partial charge in [-0.25, -0.2) is 4.39 Å². The van der Waals surface area contributed by atoms with Crippen LogP contribution in [-0.4, -0.2) is 57.1 Å². The van der Waals surface area contributed by atoms with Gasteiger partial charge < -0.3 is 14.3 Å². The Morgan fingerprint density at radius 1 is 1.21 bits per heavy atom. The molecule has 0 spiro atoms. The number of rotatable bonds is 4. The third-order valence-electron chi connectivity index (χ3n) is 5.02. The second-order valence-corrected chi connectivity index (χ2v) is 7.53. The molecule has 1 N–H and O–H groups in total.